The van der Waals surface area contributed by atoms with Gasteiger partial charge in [0.25, 0.3) is 5.88 Å². The molecular formula is C30H23ClF2N4O4. The van der Waals surface area contributed by atoms with E-state index in [2.05, 4.69) is 15.0 Å². The summed E-state index contributed by atoms with van der Waals surface area (Å²) in [5, 5.41) is 10.0. The Kier molecular flexibility index (Phi) is 7.34. The lowest BCUT2D eigenvalue weighted by molar-refractivity contribution is -0.0589. The molecule has 1 atom stereocenters. The Bertz CT molecular complexity index is 1760. The van der Waals surface area contributed by atoms with Crippen LogP contribution in [0.1, 0.15) is 39.6 Å². The number of ether oxygens (including phenoxy) is 2. The molecule has 8 nitrogen and oxygen atoms in total. The molecule has 2 aromatic heterocycles. The van der Waals surface area contributed by atoms with Gasteiger partial charge >= 0.3 is 5.97 Å². The molecule has 1 fully saturated rings. The molecule has 11 heteroatoms. The van der Waals surface area contributed by atoms with Crippen LogP contribution in [0.15, 0.2) is 66.9 Å². The summed E-state index contributed by atoms with van der Waals surface area (Å²) in [6.07, 6.45) is 2.35. The fourth-order valence-electron chi connectivity index (χ4n) is 4.62. The van der Waals surface area contributed by atoms with Gasteiger partial charge in [-0.2, -0.15) is 9.37 Å². The zero-order valence-corrected chi connectivity index (χ0v) is 22.3. The van der Waals surface area contributed by atoms with E-state index in [0.29, 0.717) is 52.8 Å². The fourth-order valence-corrected chi connectivity index (χ4v) is 4.75. The van der Waals surface area contributed by atoms with Gasteiger partial charge in [0, 0.05) is 30.5 Å². The second-order valence-electron chi connectivity index (χ2n) is 9.70. The molecule has 0 radical (unpaired) electrons. The number of hydrogen-bond donors (Lipinski definition) is 1. The maximum Gasteiger partial charge on any atom is 0.335 e. The number of carboxylic acid groups (broad SMARTS) is 1. The van der Waals surface area contributed by atoms with Crippen molar-refractivity contribution >= 4 is 28.6 Å². The number of nitrogens with zero attached hydrogens (tertiary/aromatic N) is 4. The molecule has 1 aliphatic rings. The van der Waals surface area contributed by atoms with Crippen LogP contribution in [0.3, 0.4) is 0 Å². The number of fused-ring (bicyclic) bond motifs is 1. The van der Waals surface area contributed by atoms with Crippen molar-refractivity contribution in [3.8, 4) is 11.6 Å². The molecular weight excluding hydrogens is 554 g/mol. The highest BCUT2D eigenvalue weighted by Gasteiger charge is 2.23. The van der Waals surface area contributed by atoms with E-state index >= 15 is 4.39 Å². The van der Waals surface area contributed by atoms with Crippen LogP contribution in [0.4, 0.5) is 8.78 Å². The summed E-state index contributed by atoms with van der Waals surface area (Å²) < 4.78 is 42.8. The lowest BCUT2D eigenvalue weighted by Crippen LogP contribution is -2.31. The van der Waals surface area contributed by atoms with Crippen molar-refractivity contribution in [3.63, 3.8) is 0 Å². The van der Waals surface area contributed by atoms with E-state index in [0.717, 1.165) is 18.2 Å². The summed E-state index contributed by atoms with van der Waals surface area (Å²) in [4.78, 5) is 24.4. The van der Waals surface area contributed by atoms with E-state index in [9.17, 15) is 14.3 Å². The Hall–Kier alpha value is -4.41. The summed E-state index contributed by atoms with van der Waals surface area (Å²) in [5.74, 6) is -1.72. The van der Waals surface area contributed by atoms with Gasteiger partial charge in [-0.25, -0.2) is 19.2 Å². The van der Waals surface area contributed by atoms with Gasteiger partial charge < -0.3 is 19.1 Å². The molecule has 3 heterocycles. The van der Waals surface area contributed by atoms with Crippen molar-refractivity contribution in [3.05, 3.63) is 112 Å². The normalized spacial score (nSPS) is 14.7. The summed E-state index contributed by atoms with van der Waals surface area (Å²) in [6.45, 7) is 1.14. The first-order valence-electron chi connectivity index (χ1n) is 12.9. The maximum absolute atomic E-state index is 15.3. The topological polar surface area (TPSA) is 99.4 Å². The Morgan fingerprint density at radius 2 is 1.85 bits per heavy atom. The van der Waals surface area contributed by atoms with Crippen LogP contribution in [0, 0.1) is 11.6 Å². The molecule has 0 aliphatic carbocycles. The highest BCUT2D eigenvalue weighted by Crippen LogP contribution is 2.28. The van der Waals surface area contributed by atoms with Gasteiger partial charge in [0.15, 0.2) is 0 Å². The first-order chi connectivity index (χ1) is 19.8. The van der Waals surface area contributed by atoms with E-state index in [1.54, 1.807) is 30.3 Å². The molecule has 6 rings (SSSR count). The van der Waals surface area contributed by atoms with Gasteiger partial charge in [0.1, 0.15) is 23.2 Å². The Morgan fingerprint density at radius 1 is 1.05 bits per heavy atom. The number of rotatable bonds is 9. The number of aromatic nitrogens is 4. The van der Waals surface area contributed by atoms with Crippen molar-refractivity contribution < 1.29 is 28.2 Å². The number of carboxylic acids is 1. The van der Waals surface area contributed by atoms with Gasteiger partial charge in [0.2, 0.25) is 5.82 Å². The highest BCUT2D eigenvalue weighted by atomic mass is 35.5. The number of benzene rings is 3. The summed E-state index contributed by atoms with van der Waals surface area (Å²) in [7, 11) is 0. The SMILES string of the molecule is O=C(O)c1ccc2nc(Cc3ccc(Oc4nc(Cc5ccc(Cl)cc5)ncc4F)cc3F)n(C[C@@H]3CCO3)c2c1. The summed E-state index contributed by atoms with van der Waals surface area (Å²) in [6, 6.07) is 16.1. The molecule has 0 saturated carbocycles. The van der Waals surface area contributed by atoms with Crippen molar-refractivity contribution in [1.82, 2.24) is 19.5 Å². The van der Waals surface area contributed by atoms with Gasteiger partial charge in [-0.05, 0) is 53.9 Å². The summed E-state index contributed by atoms with van der Waals surface area (Å²) in [5.41, 5.74) is 2.62. The number of aromatic carboxylic acids is 1. The molecule has 3 aromatic carbocycles. The Labute approximate surface area is 238 Å². The molecule has 1 saturated heterocycles. The Balaban J connectivity index is 1.23. The van der Waals surface area contributed by atoms with E-state index in [1.165, 1.54) is 18.2 Å². The standard InChI is InChI=1S/C30H23ClF2N4O4/c31-20-5-1-17(2-6-20)11-27-34-15-24(33)29(36-27)41-21-7-3-18(23(32)14-21)13-28-35-25-8-4-19(30(38)39)12-26(25)37(28)16-22-9-10-40-22/h1-8,12,14-15,22H,9-11,13,16H2,(H,38,39)/t22-/m0/s1. The maximum atomic E-state index is 15.3. The Morgan fingerprint density at radius 3 is 2.56 bits per heavy atom. The number of halogens is 3. The van der Waals surface area contributed by atoms with E-state index < -0.39 is 17.6 Å². The zero-order chi connectivity index (χ0) is 28.5. The third-order valence-corrected chi connectivity index (χ3v) is 7.13. The van der Waals surface area contributed by atoms with E-state index in [-0.39, 0.29) is 29.7 Å². The molecule has 0 amide bonds. The van der Waals surface area contributed by atoms with Crippen LogP contribution in [-0.2, 0) is 24.1 Å². The zero-order valence-electron chi connectivity index (χ0n) is 21.6. The minimum absolute atomic E-state index is 0.0207. The van der Waals surface area contributed by atoms with Crippen molar-refractivity contribution in [2.75, 3.05) is 6.61 Å². The molecule has 1 N–H and O–H groups in total. The highest BCUT2D eigenvalue weighted by molar-refractivity contribution is 6.30. The average Bonchev–Trinajstić information content (AvgIpc) is 3.27. The lowest BCUT2D eigenvalue weighted by atomic mass is 10.1. The fraction of sp³-hybridized carbons (Fsp3) is 0.200. The number of imidazole rings is 1. The van der Waals surface area contributed by atoms with Crippen LogP contribution in [0.2, 0.25) is 5.02 Å². The first kappa shape index (κ1) is 26.8. The third kappa shape index (κ3) is 5.89. The molecule has 208 valence electrons. The predicted octanol–water partition coefficient (Wildman–Crippen LogP) is 6.22. The van der Waals surface area contributed by atoms with E-state index in [1.807, 2.05) is 16.7 Å². The van der Waals surface area contributed by atoms with Gasteiger partial charge in [-0.1, -0.05) is 29.8 Å². The van der Waals surface area contributed by atoms with Gasteiger partial charge in [0.05, 0.1) is 35.4 Å². The smallest absolute Gasteiger partial charge is 0.335 e. The molecule has 0 bridgehead atoms. The van der Waals surface area contributed by atoms with Crippen LogP contribution in [0.25, 0.3) is 11.0 Å². The van der Waals surface area contributed by atoms with Crippen LogP contribution in [-0.4, -0.2) is 43.3 Å². The van der Waals surface area contributed by atoms with Crippen molar-refractivity contribution in [1.29, 1.82) is 0 Å². The lowest BCUT2D eigenvalue weighted by Gasteiger charge is -2.27. The van der Waals surface area contributed by atoms with E-state index in [4.69, 9.17) is 21.1 Å². The minimum Gasteiger partial charge on any atom is -0.478 e. The summed E-state index contributed by atoms with van der Waals surface area (Å²) >= 11 is 5.93. The molecule has 41 heavy (non-hydrogen) atoms. The largest absolute Gasteiger partial charge is 0.478 e. The molecule has 0 unspecified atom stereocenters. The monoisotopic (exact) mass is 576 g/mol. The third-order valence-electron chi connectivity index (χ3n) is 6.88. The predicted molar refractivity (Wildman–Crippen MR) is 147 cm³/mol. The van der Waals surface area contributed by atoms with Crippen LogP contribution in [0.5, 0.6) is 11.6 Å². The van der Waals surface area contributed by atoms with Gasteiger partial charge in [-0.3, -0.25) is 0 Å². The molecule has 5 aromatic rings. The van der Waals surface area contributed by atoms with Gasteiger partial charge in [-0.15, -0.1) is 0 Å². The van der Waals surface area contributed by atoms with Crippen LogP contribution < -0.4 is 4.74 Å². The number of hydrogen-bond acceptors (Lipinski definition) is 6. The second-order valence-corrected chi connectivity index (χ2v) is 10.1. The molecule has 0 spiro atoms. The second kappa shape index (κ2) is 11.2. The average molecular weight is 577 g/mol. The van der Waals surface area contributed by atoms with Crippen molar-refractivity contribution in [2.24, 2.45) is 0 Å². The first-order valence-corrected chi connectivity index (χ1v) is 13.3. The molecule has 1 aliphatic heterocycles. The quantitative estimate of drug-likeness (QED) is 0.222. The minimum atomic E-state index is -1.04. The number of carbonyl (C=O) groups is 1. The van der Waals surface area contributed by atoms with Crippen LogP contribution >= 0.6 is 11.6 Å². The van der Waals surface area contributed by atoms with Crippen molar-refractivity contribution in [2.45, 2.75) is 31.9 Å².